The van der Waals surface area contributed by atoms with Crippen LogP contribution >= 0.6 is 0 Å². The first-order valence-electron chi connectivity index (χ1n) is 5.91. The summed E-state index contributed by atoms with van der Waals surface area (Å²) in [6.07, 6.45) is 2.96. The number of hydrogen-bond acceptors (Lipinski definition) is 7. The lowest BCUT2D eigenvalue weighted by Gasteiger charge is -2.04. The van der Waals surface area contributed by atoms with Gasteiger partial charge in [0.15, 0.2) is 0 Å². The summed E-state index contributed by atoms with van der Waals surface area (Å²) in [5.74, 6) is -0.909. The predicted octanol–water partition coefficient (Wildman–Crippen LogP) is 0.586. The van der Waals surface area contributed by atoms with Crippen molar-refractivity contribution < 1.29 is 14.8 Å². The molecule has 2 rings (SSSR count). The fourth-order valence-corrected chi connectivity index (χ4v) is 1.64. The summed E-state index contributed by atoms with van der Waals surface area (Å²) >= 11 is 0. The molecule has 110 valence electrons. The maximum Gasteiger partial charge on any atom is 0.325 e. The molecule has 0 saturated carbocycles. The Balaban J connectivity index is 2.08. The van der Waals surface area contributed by atoms with Gasteiger partial charge in [-0.25, -0.2) is 9.67 Å². The van der Waals surface area contributed by atoms with Crippen LogP contribution in [0.3, 0.4) is 0 Å². The summed E-state index contributed by atoms with van der Waals surface area (Å²) in [6.45, 7) is 1.56. The van der Waals surface area contributed by atoms with Gasteiger partial charge in [-0.05, 0) is 12.5 Å². The van der Waals surface area contributed by atoms with Crippen molar-refractivity contribution in [2.45, 2.75) is 20.0 Å². The zero-order valence-electron chi connectivity index (χ0n) is 11.1. The van der Waals surface area contributed by atoms with Gasteiger partial charge in [0.2, 0.25) is 5.82 Å². The Labute approximate surface area is 118 Å². The number of carboxylic acids is 1. The van der Waals surface area contributed by atoms with E-state index in [1.54, 1.807) is 6.92 Å². The van der Waals surface area contributed by atoms with Crippen LogP contribution in [-0.4, -0.2) is 36.0 Å². The maximum absolute atomic E-state index is 10.9. The number of carboxylic acid groups (broad SMARTS) is 1. The van der Waals surface area contributed by atoms with Crippen LogP contribution in [0.5, 0.6) is 0 Å². The number of hydrogen-bond donors (Lipinski definition) is 2. The van der Waals surface area contributed by atoms with Gasteiger partial charge in [0, 0.05) is 12.3 Å². The Bertz CT molecular complexity index is 683. The van der Waals surface area contributed by atoms with E-state index < -0.39 is 10.9 Å². The highest BCUT2D eigenvalue weighted by molar-refractivity contribution is 5.66. The van der Waals surface area contributed by atoms with Gasteiger partial charge >= 0.3 is 11.7 Å². The van der Waals surface area contributed by atoms with Gasteiger partial charge in [-0.2, -0.15) is 0 Å². The van der Waals surface area contributed by atoms with Crippen LogP contribution in [0, 0.1) is 17.0 Å². The number of carbonyl (C=O) groups is 1. The minimum atomic E-state index is -1.03. The van der Waals surface area contributed by atoms with Crippen LogP contribution in [-0.2, 0) is 17.9 Å². The molecular weight excluding hydrogens is 280 g/mol. The molecular formula is C11H12N6O4. The molecule has 0 radical (unpaired) electrons. The van der Waals surface area contributed by atoms with Crippen LogP contribution in [0.1, 0.15) is 11.3 Å². The van der Waals surface area contributed by atoms with Gasteiger partial charge in [0.05, 0.1) is 17.7 Å². The molecule has 0 saturated heterocycles. The van der Waals surface area contributed by atoms with Gasteiger partial charge in [0.25, 0.3) is 0 Å². The summed E-state index contributed by atoms with van der Waals surface area (Å²) in [7, 11) is 0. The lowest BCUT2D eigenvalue weighted by Crippen LogP contribution is -2.09. The molecule has 2 heterocycles. The van der Waals surface area contributed by atoms with E-state index in [0.717, 1.165) is 4.68 Å². The lowest BCUT2D eigenvalue weighted by molar-refractivity contribution is -0.384. The van der Waals surface area contributed by atoms with E-state index in [0.29, 0.717) is 11.3 Å². The van der Waals surface area contributed by atoms with E-state index in [2.05, 4.69) is 20.6 Å². The Kier molecular flexibility index (Phi) is 4.07. The third-order valence-corrected chi connectivity index (χ3v) is 2.52. The Morgan fingerprint density at radius 1 is 1.57 bits per heavy atom. The number of aromatic nitrogens is 4. The van der Waals surface area contributed by atoms with E-state index >= 15 is 0 Å². The van der Waals surface area contributed by atoms with Gasteiger partial charge in [0.1, 0.15) is 12.2 Å². The highest BCUT2D eigenvalue weighted by Gasteiger charge is 2.15. The van der Waals surface area contributed by atoms with Crippen molar-refractivity contribution in [3.63, 3.8) is 0 Å². The summed E-state index contributed by atoms with van der Waals surface area (Å²) in [5.41, 5.74) is 1.00. The average Bonchev–Trinajstić information content (AvgIpc) is 2.83. The number of pyridine rings is 1. The summed E-state index contributed by atoms with van der Waals surface area (Å²) < 4.78 is 1.16. The van der Waals surface area contributed by atoms with Gasteiger partial charge in [-0.1, -0.05) is 5.21 Å². The molecule has 0 spiro atoms. The first-order valence-corrected chi connectivity index (χ1v) is 5.91. The van der Waals surface area contributed by atoms with Crippen LogP contribution in [0.4, 0.5) is 11.5 Å². The number of anilines is 1. The highest BCUT2D eigenvalue weighted by atomic mass is 16.6. The fourth-order valence-electron chi connectivity index (χ4n) is 1.64. The number of rotatable bonds is 6. The molecule has 21 heavy (non-hydrogen) atoms. The zero-order chi connectivity index (χ0) is 15.4. The number of aliphatic carboxylic acids is 1. The van der Waals surface area contributed by atoms with Crippen molar-refractivity contribution in [3.05, 3.63) is 39.8 Å². The van der Waals surface area contributed by atoms with E-state index in [-0.39, 0.29) is 24.6 Å². The van der Waals surface area contributed by atoms with E-state index in [1.165, 1.54) is 18.5 Å². The van der Waals surface area contributed by atoms with Gasteiger partial charge < -0.3 is 10.4 Å². The quantitative estimate of drug-likeness (QED) is 0.583. The SMILES string of the molecule is Cc1cnc(NCc2cn(CC(=O)O)nn2)c([N+](=O)[O-])c1. The van der Waals surface area contributed by atoms with E-state index in [9.17, 15) is 14.9 Å². The number of nitro groups is 1. The summed E-state index contributed by atoms with van der Waals surface area (Å²) in [6, 6.07) is 1.41. The van der Waals surface area contributed by atoms with Crippen molar-refractivity contribution in [1.29, 1.82) is 0 Å². The van der Waals surface area contributed by atoms with Gasteiger partial charge in [-0.3, -0.25) is 14.9 Å². The zero-order valence-corrected chi connectivity index (χ0v) is 11.1. The largest absolute Gasteiger partial charge is 0.480 e. The monoisotopic (exact) mass is 292 g/mol. The van der Waals surface area contributed by atoms with Crippen LogP contribution in [0.25, 0.3) is 0 Å². The fraction of sp³-hybridized carbons (Fsp3) is 0.273. The van der Waals surface area contributed by atoms with Crippen molar-refractivity contribution in [2.75, 3.05) is 5.32 Å². The van der Waals surface area contributed by atoms with E-state index in [1.807, 2.05) is 0 Å². The molecule has 0 atom stereocenters. The third kappa shape index (κ3) is 3.72. The summed E-state index contributed by atoms with van der Waals surface area (Å²) in [4.78, 5) is 24.9. The first kappa shape index (κ1) is 14.4. The minimum absolute atomic E-state index is 0.124. The van der Waals surface area contributed by atoms with Crippen LogP contribution in [0.15, 0.2) is 18.5 Å². The number of aryl methyl sites for hydroxylation is 1. The number of nitrogens with one attached hydrogen (secondary N) is 1. The van der Waals surface area contributed by atoms with Crippen molar-refractivity contribution >= 4 is 17.5 Å². The molecule has 0 unspecified atom stereocenters. The Hall–Kier alpha value is -3.04. The van der Waals surface area contributed by atoms with Crippen LogP contribution < -0.4 is 5.32 Å². The molecule has 0 aliphatic carbocycles. The second-order valence-corrected chi connectivity index (χ2v) is 4.29. The standard InChI is InChI=1S/C11H12N6O4/c1-7-2-9(17(20)21)11(12-3-7)13-4-8-5-16(15-14-8)6-10(18)19/h2-3,5H,4,6H2,1H3,(H,12,13)(H,18,19). The molecule has 0 bridgehead atoms. The molecule has 0 aliphatic rings. The maximum atomic E-state index is 10.9. The smallest absolute Gasteiger partial charge is 0.325 e. The lowest BCUT2D eigenvalue weighted by atomic mass is 10.3. The molecule has 2 aromatic rings. The summed E-state index contributed by atoms with van der Waals surface area (Å²) in [5, 5.41) is 29.7. The van der Waals surface area contributed by atoms with Crippen molar-refractivity contribution in [1.82, 2.24) is 20.0 Å². The van der Waals surface area contributed by atoms with Crippen molar-refractivity contribution in [2.24, 2.45) is 0 Å². The molecule has 0 aromatic carbocycles. The second-order valence-electron chi connectivity index (χ2n) is 4.29. The van der Waals surface area contributed by atoms with Gasteiger partial charge in [-0.15, -0.1) is 5.10 Å². The average molecular weight is 292 g/mol. The molecule has 2 aromatic heterocycles. The van der Waals surface area contributed by atoms with E-state index in [4.69, 9.17) is 5.11 Å². The normalized spacial score (nSPS) is 10.3. The topological polar surface area (TPSA) is 136 Å². The van der Waals surface area contributed by atoms with Crippen LogP contribution in [0.2, 0.25) is 0 Å². The second kappa shape index (κ2) is 5.94. The third-order valence-electron chi connectivity index (χ3n) is 2.52. The van der Waals surface area contributed by atoms with Crippen molar-refractivity contribution in [3.8, 4) is 0 Å². The molecule has 0 fully saturated rings. The Morgan fingerprint density at radius 2 is 2.33 bits per heavy atom. The molecule has 10 heteroatoms. The molecule has 2 N–H and O–H groups in total. The number of nitrogens with zero attached hydrogens (tertiary/aromatic N) is 5. The molecule has 10 nitrogen and oxygen atoms in total. The Morgan fingerprint density at radius 3 is 3.00 bits per heavy atom. The highest BCUT2D eigenvalue weighted by Crippen LogP contribution is 2.22. The molecule has 0 aliphatic heterocycles. The molecule has 0 amide bonds. The first-order chi connectivity index (χ1) is 9.95. The predicted molar refractivity (Wildman–Crippen MR) is 70.6 cm³/mol. The minimum Gasteiger partial charge on any atom is -0.480 e.